The second kappa shape index (κ2) is 12.5. The minimum atomic E-state index is -0.0255. The van der Waals surface area contributed by atoms with Crippen LogP contribution in [-0.2, 0) is 6.42 Å². The molecule has 0 saturated carbocycles. The maximum Gasteiger partial charge on any atom is 0.191 e. The number of rotatable bonds is 11. The van der Waals surface area contributed by atoms with Gasteiger partial charge in [-0.25, -0.2) is 0 Å². The summed E-state index contributed by atoms with van der Waals surface area (Å²) in [6.07, 6.45) is 1.87. The smallest absolute Gasteiger partial charge is 0.191 e. The fourth-order valence-electron chi connectivity index (χ4n) is 2.94. The topological polar surface area (TPSA) is 73.3 Å². The van der Waals surface area contributed by atoms with E-state index in [0.717, 1.165) is 48.3 Å². The van der Waals surface area contributed by atoms with Crippen molar-refractivity contribution < 1.29 is 18.9 Å². The number of benzene rings is 2. The molecule has 0 aliphatic heterocycles. The lowest BCUT2D eigenvalue weighted by Gasteiger charge is -2.18. The Morgan fingerprint density at radius 1 is 0.933 bits per heavy atom. The molecule has 0 amide bonds. The molecule has 0 spiro atoms. The molecule has 0 radical (unpaired) electrons. The van der Waals surface area contributed by atoms with Gasteiger partial charge in [0.05, 0.1) is 27.9 Å². The summed E-state index contributed by atoms with van der Waals surface area (Å²) in [6, 6.07) is 13.6. The number of nitrogens with one attached hydrogen (secondary N) is 2. The molecular formula is C23H33N3O4. The molecule has 0 bridgehead atoms. The zero-order valence-electron chi connectivity index (χ0n) is 18.5. The molecule has 0 aliphatic carbocycles. The van der Waals surface area contributed by atoms with Crippen LogP contribution in [0.15, 0.2) is 47.5 Å². The number of guanidine groups is 1. The average Bonchev–Trinajstić information content (AvgIpc) is 2.78. The number of aryl methyl sites for hydroxylation is 1. The van der Waals surface area contributed by atoms with Gasteiger partial charge in [-0.3, -0.25) is 4.99 Å². The van der Waals surface area contributed by atoms with E-state index in [1.807, 2.05) is 43.3 Å². The minimum Gasteiger partial charge on any atom is -0.497 e. The molecule has 2 aromatic rings. The number of ether oxygens (including phenoxy) is 4. The van der Waals surface area contributed by atoms with E-state index in [1.165, 1.54) is 5.56 Å². The van der Waals surface area contributed by atoms with E-state index in [-0.39, 0.29) is 6.10 Å². The summed E-state index contributed by atoms with van der Waals surface area (Å²) in [5.74, 6) is 3.81. The van der Waals surface area contributed by atoms with Gasteiger partial charge in [-0.05, 0) is 49.6 Å². The van der Waals surface area contributed by atoms with Crippen molar-refractivity contribution in [3.05, 3.63) is 48.0 Å². The minimum absolute atomic E-state index is 0.0255. The number of hydrogen-bond donors (Lipinski definition) is 2. The lowest BCUT2D eigenvalue weighted by molar-refractivity contribution is 0.223. The van der Waals surface area contributed by atoms with Crippen molar-refractivity contribution in [3.63, 3.8) is 0 Å². The second-order valence-electron chi connectivity index (χ2n) is 6.78. The predicted octanol–water partition coefficient (Wildman–Crippen LogP) is 3.28. The van der Waals surface area contributed by atoms with E-state index in [2.05, 4.69) is 21.7 Å². The van der Waals surface area contributed by atoms with Gasteiger partial charge in [-0.1, -0.05) is 12.1 Å². The molecule has 7 nitrogen and oxygen atoms in total. The molecule has 2 rings (SSSR count). The fourth-order valence-corrected chi connectivity index (χ4v) is 2.94. The molecule has 0 aliphatic rings. The van der Waals surface area contributed by atoms with E-state index in [0.29, 0.717) is 6.54 Å². The van der Waals surface area contributed by atoms with Gasteiger partial charge in [0.1, 0.15) is 17.6 Å². The molecule has 164 valence electrons. The first-order valence-corrected chi connectivity index (χ1v) is 10.1. The van der Waals surface area contributed by atoms with Gasteiger partial charge >= 0.3 is 0 Å². The Kier molecular flexibility index (Phi) is 9.64. The van der Waals surface area contributed by atoms with Gasteiger partial charge in [-0.15, -0.1) is 0 Å². The number of methoxy groups -OCH3 is 3. The molecule has 1 unspecified atom stereocenters. The van der Waals surface area contributed by atoms with Crippen molar-refractivity contribution in [1.29, 1.82) is 0 Å². The van der Waals surface area contributed by atoms with Gasteiger partial charge in [0.25, 0.3) is 0 Å². The summed E-state index contributed by atoms with van der Waals surface area (Å²) in [5.41, 5.74) is 1.21. The van der Waals surface area contributed by atoms with Gasteiger partial charge in [-0.2, -0.15) is 0 Å². The third-order valence-corrected chi connectivity index (χ3v) is 4.54. The molecule has 0 fully saturated rings. The number of hydrogen-bond acceptors (Lipinski definition) is 5. The first kappa shape index (κ1) is 23.2. The molecule has 0 heterocycles. The van der Waals surface area contributed by atoms with Crippen molar-refractivity contribution in [2.24, 2.45) is 4.99 Å². The van der Waals surface area contributed by atoms with Crippen LogP contribution >= 0.6 is 0 Å². The molecule has 0 saturated heterocycles. The summed E-state index contributed by atoms with van der Waals surface area (Å²) < 4.78 is 21.8. The molecule has 2 N–H and O–H groups in total. The molecule has 30 heavy (non-hydrogen) atoms. The highest BCUT2D eigenvalue weighted by molar-refractivity contribution is 5.79. The van der Waals surface area contributed by atoms with Gasteiger partial charge < -0.3 is 29.6 Å². The van der Waals surface area contributed by atoms with Gasteiger partial charge in [0.15, 0.2) is 17.5 Å². The third-order valence-electron chi connectivity index (χ3n) is 4.54. The largest absolute Gasteiger partial charge is 0.497 e. The van der Waals surface area contributed by atoms with E-state index >= 15 is 0 Å². The highest BCUT2D eigenvalue weighted by atomic mass is 16.5. The maximum atomic E-state index is 5.93. The fraction of sp³-hybridized carbons (Fsp3) is 0.435. The normalized spacial score (nSPS) is 12.1. The van der Waals surface area contributed by atoms with Crippen LogP contribution in [0.3, 0.4) is 0 Å². The quantitative estimate of drug-likeness (QED) is 0.333. The molecule has 2 aromatic carbocycles. The summed E-state index contributed by atoms with van der Waals surface area (Å²) in [4.78, 5) is 4.27. The Bertz CT molecular complexity index is 811. The third kappa shape index (κ3) is 7.39. The first-order chi connectivity index (χ1) is 14.6. The maximum absolute atomic E-state index is 5.93. The van der Waals surface area contributed by atoms with E-state index in [4.69, 9.17) is 18.9 Å². The Hall–Kier alpha value is -3.09. The molecule has 0 aromatic heterocycles. The second-order valence-corrected chi connectivity index (χ2v) is 6.78. The van der Waals surface area contributed by atoms with E-state index in [1.54, 1.807) is 28.4 Å². The lowest BCUT2D eigenvalue weighted by atomic mass is 10.1. The lowest BCUT2D eigenvalue weighted by Crippen LogP contribution is -2.42. The van der Waals surface area contributed by atoms with E-state index in [9.17, 15) is 0 Å². The van der Waals surface area contributed by atoms with Crippen LogP contribution in [0, 0.1) is 0 Å². The standard InChI is InChI=1S/C23H33N3O4/c1-17(30-20-10-6-9-19(15-20)27-3)16-26-23(24-2)25-13-7-8-18-11-12-21(28-4)22(14-18)29-5/h6,9-12,14-15,17H,7-8,13,16H2,1-5H3,(H2,24,25,26). The summed E-state index contributed by atoms with van der Waals surface area (Å²) in [5, 5.41) is 6.63. The monoisotopic (exact) mass is 415 g/mol. The van der Waals surface area contributed by atoms with Crippen molar-refractivity contribution in [2.75, 3.05) is 41.5 Å². The van der Waals surface area contributed by atoms with Crippen molar-refractivity contribution in [1.82, 2.24) is 10.6 Å². The van der Waals surface area contributed by atoms with Gasteiger partial charge in [0.2, 0.25) is 0 Å². The molecule has 7 heteroatoms. The zero-order chi connectivity index (χ0) is 21.8. The Labute approximate surface area is 179 Å². The van der Waals surface area contributed by atoms with Gasteiger partial charge in [0, 0.05) is 19.7 Å². The van der Waals surface area contributed by atoms with Crippen LogP contribution in [0.1, 0.15) is 18.9 Å². The summed E-state index contributed by atoms with van der Waals surface area (Å²) >= 11 is 0. The highest BCUT2D eigenvalue weighted by Gasteiger charge is 2.07. The summed E-state index contributed by atoms with van der Waals surface area (Å²) in [6.45, 7) is 3.45. The van der Waals surface area contributed by atoms with Crippen molar-refractivity contribution >= 4 is 5.96 Å². The Morgan fingerprint density at radius 3 is 2.40 bits per heavy atom. The zero-order valence-corrected chi connectivity index (χ0v) is 18.5. The van der Waals surface area contributed by atoms with Crippen LogP contribution in [0.25, 0.3) is 0 Å². The Balaban J connectivity index is 1.71. The number of aliphatic imine (C=N–C) groups is 1. The SMILES string of the molecule is CN=C(NCCCc1ccc(OC)c(OC)c1)NCC(C)Oc1cccc(OC)c1. The van der Waals surface area contributed by atoms with Crippen molar-refractivity contribution in [3.8, 4) is 23.0 Å². The molecule has 1 atom stereocenters. The Morgan fingerprint density at radius 2 is 1.70 bits per heavy atom. The highest BCUT2D eigenvalue weighted by Crippen LogP contribution is 2.27. The average molecular weight is 416 g/mol. The van der Waals surface area contributed by atoms with Crippen LogP contribution in [0.2, 0.25) is 0 Å². The molecular weight excluding hydrogens is 382 g/mol. The van der Waals surface area contributed by atoms with Crippen LogP contribution in [0.4, 0.5) is 0 Å². The van der Waals surface area contributed by atoms with Crippen LogP contribution < -0.4 is 29.6 Å². The predicted molar refractivity (Wildman–Crippen MR) is 120 cm³/mol. The van der Waals surface area contributed by atoms with Crippen LogP contribution in [-0.4, -0.2) is 53.5 Å². The summed E-state index contributed by atoms with van der Waals surface area (Å²) in [7, 11) is 6.70. The first-order valence-electron chi connectivity index (χ1n) is 10.1. The van der Waals surface area contributed by atoms with Crippen LogP contribution in [0.5, 0.6) is 23.0 Å². The number of nitrogens with zero attached hydrogens (tertiary/aromatic N) is 1. The van der Waals surface area contributed by atoms with E-state index < -0.39 is 0 Å². The van der Waals surface area contributed by atoms with Crippen molar-refractivity contribution in [2.45, 2.75) is 25.9 Å².